The first-order valence-electron chi connectivity index (χ1n) is 8.81. The summed E-state index contributed by atoms with van der Waals surface area (Å²) < 4.78 is 6.02. The van der Waals surface area contributed by atoms with Crippen LogP contribution in [0.1, 0.15) is 64.7 Å². The quantitative estimate of drug-likeness (QED) is 0.296. The molecule has 3 nitrogen and oxygen atoms in total. The van der Waals surface area contributed by atoms with Crippen molar-refractivity contribution in [1.29, 1.82) is 0 Å². The van der Waals surface area contributed by atoms with Crippen molar-refractivity contribution in [3.8, 4) is 0 Å². The number of halogens is 1. The summed E-state index contributed by atoms with van der Waals surface area (Å²) in [5.41, 5.74) is 0. The van der Waals surface area contributed by atoms with E-state index in [4.69, 9.17) is 4.74 Å². The van der Waals surface area contributed by atoms with Gasteiger partial charge in [0.2, 0.25) is 0 Å². The van der Waals surface area contributed by atoms with Gasteiger partial charge in [-0.3, -0.25) is 4.79 Å². The molecule has 2 rings (SSSR count). The lowest BCUT2D eigenvalue weighted by Gasteiger charge is -2.27. The number of allylic oxidation sites excluding steroid dienone is 1. The summed E-state index contributed by atoms with van der Waals surface area (Å²) in [5, 5.41) is 10.5. The second kappa shape index (κ2) is 9.26. The Kier molecular flexibility index (Phi) is 7.68. The molecule has 1 saturated carbocycles. The van der Waals surface area contributed by atoms with E-state index in [1.54, 1.807) is 0 Å². The second-order valence-electron chi connectivity index (χ2n) is 6.65. The molecule has 0 aromatic heterocycles. The number of ether oxygens (including phenoxy) is 1. The van der Waals surface area contributed by atoms with E-state index in [1.165, 1.54) is 19.3 Å². The zero-order valence-corrected chi connectivity index (χ0v) is 15.7. The van der Waals surface area contributed by atoms with Crippen molar-refractivity contribution in [2.75, 3.05) is 0 Å². The van der Waals surface area contributed by atoms with Gasteiger partial charge in [-0.15, -0.1) is 0 Å². The molecule has 0 unspecified atom stereocenters. The third kappa shape index (κ3) is 4.95. The summed E-state index contributed by atoms with van der Waals surface area (Å²) in [4.78, 5) is 12.1. The zero-order valence-electron chi connectivity index (χ0n) is 13.5. The first-order chi connectivity index (χ1) is 10.6. The molecule has 0 aromatic rings. The minimum atomic E-state index is -0.317. The molecule has 1 heterocycles. The van der Waals surface area contributed by atoms with E-state index in [9.17, 15) is 9.90 Å². The third-order valence-corrected chi connectivity index (χ3v) is 6.27. The average Bonchev–Trinajstić information content (AvgIpc) is 2.78. The van der Waals surface area contributed by atoms with E-state index < -0.39 is 0 Å². The number of aliphatic hydroxyl groups is 1. The van der Waals surface area contributed by atoms with Crippen LogP contribution < -0.4 is 0 Å². The zero-order chi connectivity index (χ0) is 15.9. The van der Waals surface area contributed by atoms with Crippen LogP contribution >= 0.6 is 22.6 Å². The number of fused-ring (bicyclic) bond motifs is 1. The topological polar surface area (TPSA) is 46.5 Å². The van der Waals surface area contributed by atoms with Crippen molar-refractivity contribution >= 4 is 28.6 Å². The van der Waals surface area contributed by atoms with Crippen LogP contribution in [0.3, 0.4) is 0 Å². The van der Waals surface area contributed by atoms with Gasteiger partial charge in [-0.1, -0.05) is 60.9 Å². The molecule has 1 aliphatic carbocycles. The highest BCUT2D eigenvalue weighted by atomic mass is 127. The third-order valence-electron chi connectivity index (χ3n) is 5.03. The number of cyclic esters (lactones) is 1. The summed E-state index contributed by atoms with van der Waals surface area (Å²) in [6, 6.07) is 0. The van der Waals surface area contributed by atoms with Crippen LogP contribution in [0.5, 0.6) is 0 Å². The number of alkyl halides is 1. The predicted octanol–water partition coefficient (Wildman–Crippen LogP) is 4.41. The summed E-state index contributed by atoms with van der Waals surface area (Å²) in [5.74, 6) is 0.325. The van der Waals surface area contributed by atoms with Crippen LogP contribution in [0.4, 0.5) is 0 Å². The number of rotatable bonds is 1. The summed E-state index contributed by atoms with van der Waals surface area (Å²) in [6.45, 7) is 2.08. The van der Waals surface area contributed by atoms with E-state index in [1.807, 2.05) is 0 Å². The average molecular weight is 420 g/mol. The Bertz CT molecular complexity index is 383. The van der Waals surface area contributed by atoms with Gasteiger partial charge in [0.15, 0.2) is 0 Å². The summed E-state index contributed by atoms with van der Waals surface area (Å²) in [7, 11) is 0. The van der Waals surface area contributed by atoms with Gasteiger partial charge in [-0.2, -0.15) is 0 Å². The highest BCUT2D eigenvalue weighted by molar-refractivity contribution is 14.1. The molecule has 5 atom stereocenters. The van der Waals surface area contributed by atoms with Crippen molar-refractivity contribution in [1.82, 2.24) is 0 Å². The number of hydrogen-bond donors (Lipinski definition) is 1. The van der Waals surface area contributed by atoms with Gasteiger partial charge in [0.1, 0.15) is 6.10 Å². The van der Waals surface area contributed by atoms with Crippen LogP contribution in [0, 0.1) is 11.8 Å². The van der Waals surface area contributed by atoms with Gasteiger partial charge in [-0.25, -0.2) is 0 Å². The predicted molar refractivity (Wildman–Crippen MR) is 97.0 cm³/mol. The number of carbonyl (C=O) groups excluding carboxylic acids is 1. The highest BCUT2D eigenvalue weighted by Gasteiger charge is 2.44. The van der Waals surface area contributed by atoms with Gasteiger partial charge in [0, 0.05) is 22.2 Å². The van der Waals surface area contributed by atoms with Crippen LogP contribution in [-0.2, 0) is 9.53 Å². The monoisotopic (exact) mass is 420 g/mol. The smallest absolute Gasteiger partial charge is 0.306 e. The minimum Gasteiger partial charge on any atom is -0.462 e. The van der Waals surface area contributed by atoms with Gasteiger partial charge >= 0.3 is 5.97 Å². The fourth-order valence-electron chi connectivity index (χ4n) is 3.72. The van der Waals surface area contributed by atoms with Crippen molar-refractivity contribution in [3.63, 3.8) is 0 Å². The molecule has 4 heteroatoms. The Morgan fingerprint density at radius 3 is 2.77 bits per heavy atom. The molecule has 0 bridgehead atoms. The lowest BCUT2D eigenvalue weighted by Crippen LogP contribution is -2.31. The number of esters is 1. The lowest BCUT2D eigenvalue weighted by atomic mass is 9.87. The molecular weight excluding hydrogens is 391 g/mol. The Morgan fingerprint density at radius 2 is 2.00 bits per heavy atom. The molecule has 0 spiro atoms. The molecule has 2 aliphatic rings. The van der Waals surface area contributed by atoms with E-state index in [-0.39, 0.29) is 33.9 Å². The van der Waals surface area contributed by atoms with Crippen molar-refractivity contribution in [3.05, 3.63) is 12.2 Å². The molecule has 1 fully saturated rings. The Balaban J connectivity index is 2.12. The van der Waals surface area contributed by atoms with Gasteiger partial charge < -0.3 is 9.84 Å². The maximum Gasteiger partial charge on any atom is 0.306 e. The first-order valence-corrected chi connectivity index (χ1v) is 10.1. The van der Waals surface area contributed by atoms with Crippen molar-refractivity contribution in [2.45, 2.75) is 80.8 Å². The SMILES string of the molecule is CC[C@@H]1OC(=O)CCCCCCC/C=C\[C@@H]2[C@@H](O)[C@H](I)C[C@H]21. The van der Waals surface area contributed by atoms with Crippen LogP contribution in [0.2, 0.25) is 0 Å². The van der Waals surface area contributed by atoms with E-state index in [0.29, 0.717) is 6.42 Å². The van der Waals surface area contributed by atoms with E-state index >= 15 is 0 Å². The first kappa shape index (κ1) is 18.2. The minimum absolute atomic E-state index is 0.0560. The highest BCUT2D eigenvalue weighted by Crippen LogP contribution is 2.41. The molecule has 0 amide bonds. The molecule has 0 saturated heterocycles. The summed E-state index contributed by atoms with van der Waals surface area (Å²) >= 11 is 2.34. The van der Waals surface area contributed by atoms with E-state index in [2.05, 4.69) is 41.7 Å². The summed E-state index contributed by atoms with van der Waals surface area (Å²) in [6.07, 6.45) is 13.1. The second-order valence-corrected chi connectivity index (χ2v) is 8.25. The van der Waals surface area contributed by atoms with Crippen LogP contribution in [0.15, 0.2) is 12.2 Å². The van der Waals surface area contributed by atoms with Gasteiger partial charge in [-0.05, 0) is 32.1 Å². The molecule has 0 aromatic carbocycles. The molecule has 0 radical (unpaired) electrons. The molecule has 1 N–H and O–H groups in total. The number of carbonyl (C=O) groups is 1. The Morgan fingerprint density at radius 1 is 1.27 bits per heavy atom. The molecule has 1 aliphatic heterocycles. The molecular formula is C18H29IO3. The fraction of sp³-hybridized carbons (Fsp3) is 0.833. The molecule has 126 valence electrons. The van der Waals surface area contributed by atoms with Gasteiger partial charge in [0.25, 0.3) is 0 Å². The van der Waals surface area contributed by atoms with Crippen molar-refractivity contribution < 1.29 is 14.6 Å². The van der Waals surface area contributed by atoms with Crippen molar-refractivity contribution in [2.24, 2.45) is 11.8 Å². The largest absolute Gasteiger partial charge is 0.462 e. The van der Waals surface area contributed by atoms with Crippen LogP contribution in [0.25, 0.3) is 0 Å². The maximum absolute atomic E-state index is 12.1. The maximum atomic E-state index is 12.1. The van der Waals surface area contributed by atoms with E-state index in [0.717, 1.165) is 32.1 Å². The Labute approximate surface area is 148 Å². The lowest BCUT2D eigenvalue weighted by molar-refractivity contribution is -0.153. The standard InChI is InChI=1S/C18H29IO3/c1-2-16-14-12-15(19)18(21)13(14)10-8-6-4-3-5-7-9-11-17(20)22-16/h8,10,13-16,18,21H,2-7,9,11-12H2,1H3/b10-8-/t13-,14+,15+,16-,18+/m0/s1. The molecule has 22 heavy (non-hydrogen) atoms. The fourth-order valence-corrected chi connectivity index (χ4v) is 4.79. The number of hydrogen-bond acceptors (Lipinski definition) is 3. The van der Waals surface area contributed by atoms with Crippen LogP contribution in [-0.4, -0.2) is 27.2 Å². The number of aliphatic hydroxyl groups excluding tert-OH is 1. The normalized spacial score (nSPS) is 39.6. The van der Waals surface area contributed by atoms with Gasteiger partial charge in [0.05, 0.1) is 6.10 Å². The Hall–Kier alpha value is -0.100.